The van der Waals surface area contributed by atoms with Crippen molar-refractivity contribution in [2.75, 3.05) is 23.7 Å². The third-order valence-electron chi connectivity index (χ3n) is 13.8. The maximum absolute atomic E-state index is 13.5. The van der Waals surface area contributed by atoms with Crippen LogP contribution < -0.4 is 16.0 Å². The first-order chi connectivity index (χ1) is 38.4. The van der Waals surface area contributed by atoms with Crippen molar-refractivity contribution in [1.29, 1.82) is 0 Å². The van der Waals surface area contributed by atoms with E-state index < -0.39 is 12.0 Å². The molecule has 0 aliphatic carbocycles. The number of carbonyl (C=O) groups is 5. The highest BCUT2D eigenvalue weighted by Crippen LogP contribution is 2.33. The molecule has 1 aliphatic rings. The van der Waals surface area contributed by atoms with Gasteiger partial charge in [0.2, 0.25) is 5.91 Å². The molecule has 0 bridgehead atoms. The Morgan fingerprint density at radius 1 is 0.500 bits per heavy atom. The largest absolute Gasteiger partial charge is 0.478 e. The van der Waals surface area contributed by atoms with Gasteiger partial charge in [-0.2, -0.15) is 0 Å². The quantitative estimate of drug-likeness (QED) is 0.0884. The second-order valence-electron chi connectivity index (χ2n) is 21.5. The molecule has 2 aromatic heterocycles. The zero-order chi connectivity index (χ0) is 56.6. The Bertz CT molecular complexity index is 3680. The molecule has 14 heteroatoms. The molecule has 0 spiro atoms. The highest BCUT2D eigenvalue weighted by molar-refractivity contribution is 7.14. The maximum atomic E-state index is 13.5. The van der Waals surface area contributed by atoms with Gasteiger partial charge in [0.15, 0.2) is 10.3 Å². The summed E-state index contributed by atoms with van der Waals surface area (Å²) in [5, 5.41) is 22.6. The number of amides is 4. The van der Waals surface area contributed by atoms with Gasteiger partial charge >= 0.3 is 5.97 Å². The van der Waals surface area contributed by atoms with Gasteiger partial charge in [-0.25, -0.2) is 14.8 Å². The van der Waals surface area contributed by atoms with Crippen LogP contribution in [0.5, 0.6) is 0 Å². The fourth-order valence-corrected chi connectivity index (χ4v) is 10.8. The number of nitrogens with one attached hydrogen (secondary N) is 3. The third-order valence-corrected chi connectivity index (χ3v) is 15.3. The molecule has 7 aromatic carbocycles. The van der Waals surface area contributed by atoms with Gasteiger partial charge in [-0.15, -0.1) is 22.7 Å². The molecule has 404 valence electrons. The van der Waals surface area contributed by atoms with Crippen LogP contribution in [0.4, 0.5) is 10.3 Å². The summed E-state index contributed by atoms with van der Waals surface area (Å²) >= 11 is 2.62. The monoisotopic (exact) mass is 1100 g/mol. The maximum Gasteiger partial charge on any atom is 0.335 e. The molecule has 1 atom stereocenters. The Morgan fingerprint density at radius 2 is 0.938 bits per heavy atom. The molecule has 1 saturated heterocycles. The highest BCUT2D eigenvalue weighted by atomic mass is 32.1. The minimum absolute atomic E-state index is 0.0399. The van der Waals surface area contributed by atoms with Gasteiger partial charge in [-0.05, 0) is 99.0 Å². The predicted octanol–water partition coefficient (Wildman–Crippen LogP) is 14.8. The number of hydrogen-bond donors (Lipinski definition) is 4. The van der Waals surface area contributed by atoms with Crippen molar-refractivity contribution in [2.24, 2.45) is 0 Å². The number of aromatic nitrogens is 2. The van der Waals surface area contributed by atoms with Crippen LogP contribution in [0.3, 0.4) is 0 Å². The molecule has 4 amide bonds. The number of likely N-dealkylation sites (tertiary alicyclic amines) is 1. The lowest BCUT2D eigenvalue weighted by Crippen LogP contribution is -2.41. The Kier molecular flexibility index (Phi) is 17.1. The zero-order valence-electron chi connectivity index (χ0n) is 45.5. The zero-order valence-corrected chi connectivity index (χ0v) is 47.1. The summed E-state index contributed by atoms with van der Waals surface area (Å²) in [6.07, 6.45) is 1.94. The minimum Gasteiger partial charge on any atom is -0.478 e. The molecule has 3 heterocycles. The number of anilines is 2. The number of carboxylic acid groups (broad SMARTS) is 1. The molecule has 12 nitrogen and oxygen atoms in total. The van der Waals surface area contributed by atoms with Crippen molar-refractivity contribution < 1.29 is 29.1 Å². The van der Waals surface area contributed by atoms with E-state index in [1.807, 2.05) is 101 Å². The van der Waals surface area contributed by atoms with Gasteiger partial charge in [0.05, 0.1) is 17.0 Å². The van der Waals surface area contributed by atoms with Crippen molar-refractivity contribution in [3.63, 3.8) is 0 Å². The summed E-state index contributed by atoms with van der Waals surface area (Å²) in [6, 6.07) is 54.0. The van der Waals surface area contributed by atoms with Crippen LogP contribution in [0.25, 0.3) is 44.8 Å². The molecule has 1 aliphatic heterocycles. The summed E-state index contributed by atoms with van der Waals surface area (Å²) in [7, 11) is 0. The SMILES string of the molecule is CC(C)(C)c1ccc(-c2ccccc2C(=O)Nc2nc(-c3cccc(C(=O)N[C@H](C(=O)N4CCCC4)c4ccccc4)c3)cs2)cc1.CC(C)(C)c1ccc(-c2ccccc2C(=O)Nc2nc(-c3cccc(C(=O)O)c3)cs2)cc1. The van der Waals surface area contributed by atoms with Gasteiger partial charge < -0.3 is 15.3 Å². The number of rotatable bonds is 13. The Labute approximate surface area is 474 Å². The first-order valence-electron chi connectivity index (χ1n) is 26.4. The van der Waals surface area contributed by atoms with E-state index >= 15 is 0 Å². The van der Waals surface area contributed by atoms with Crippen molar-refractivity contribution in [3.8, 4) is 44.8 Å². The molecule has 10 rings (SSSR count). The second kappa shape index (κ2) is 24.4. The van der Waals surface area contributed by atoms with E-state index in [4.69, 9.17) is 0 Å². The fourth-order valence-electron chi connectivity index (χ4n) is 9.32. The van der Waals surface area contributed by atoms with Crippen LogP contribution in [0.15, 0.2) is 187 Å². The molecule has 0 radical (unpaired) electrons. The van der Waals surface area contributed by atoms with Crippen LogP contribution in [-0.2, 0) is 15.6 Å². The average molecular weight is 1100 g/mol. The molecule has 1 fully saturated rings. The Hall–Kier alpha value is -8.85. The van der Waals surface area contributed by atoms with E-state index in [9.17, 15) is 29.1 Å². The fraction of sp³-hybridized carbons (Fsp3) is 0.197. The van der Waals surface area contributed by atoms with E-state index in [1.165, 1.54) is 39.9 Å². The second-order valence-corrected chi connectivity index (χ2v) is 23.3. The van der Waals surface area contributed by atoms with Crippen molar-refractivity contribution in [1.82, 2.24) is 20.2 Å². The van der Waals surface area contributed by atoms with Crippen LogP contribution in [0.1, 0.15) is 119 Å². The van der Waals surface area contributed by atoms with E-state index in [2.05, 4.69) is 104 Å². The van der Waals surface area contributed by atoms with Gasteiger partial charge in [0.1, 0.15) is 6.04 Å². The summed E-state index contributed by atoms with van der Waals surface area (Å²) in [5.41, 5.74) is 11.3. The van der Waals surface area contributed by atoms with Gasteiger partial charge in [-0.3, -0.25) is 29.8 Å². The van der Waals surface area contributed by atoms with E-state index in [-0.39, 0.29) is 40.0 Å². The van der Waals surface area contributed by atoms with Crippen LogP contribution in [0.2, 0.25) is 0 Å². The lowest BCUT2D eigenvalue weighted by molar-refractivity contribution is -0.132. The normalized spacial score (nSPS) is 12.7. The number of hydrogen-bond acceptors (Lipinski definition) is 9. The smallest absolute Gasteiger partial charge is 0.335 e. The Balaban J connectivity index is 0.000000206. The summed E-state index contributed by atoms with van der Waals surface area (Å²) in [5.74, 6) is -1.92. The van der Waals surface area contributed by atoms with E-state index in [1.54, 1.807) is 47.8 Å². The van der Waals surface area contributed by atoms with Crippen molar-refractivity contribution in [3.05, 3.63) is 226 Å². The average Bonchev–Trinajstić information content (AvgIpc) is 4.29. The molecule has 9 aromatic rings. The Morgan fingerprint density at radius 3 is 1.40 bits per heavy atom. The molecule has 80 heavy (non-hydrogen) atoms. The summed E-state index contributed by atoms with van der Waals surface area (Å²) in [4.78, 5) is 75.7. The number of carboxylic acids is 1. The summed E-state index contributed by atoms with van der Waals surface area (Å²) < 4.78 is 0. The standard InChI is InChI=1S/C39H38N4O3S.C27H24N2O3S/c1-39(2,3)30-20-18-26(19-21-30)31-16-7-8-17-32(31)36(45)42-38-40-33(25-47-38)28-14-11-15-29(24-28)35(44)41-34(27-12-5-4-6-13-27)37(46)43-22-9-10-23-43;1-27(2,3)20-13-11-17(12-14-20)21-9-4-5-10-22(21)24(30)29-26-28-23(16-33-26)18-7-6-8-19(15-18)25(31)32/h4-8,11-21,24-25,34H,9-10,22-23H2,1-3H3,(H,41,44)(H,40,42,45);4-16H,1-3H3,(H,31,32)(H,28,29,30)/t34-;/m0./s1. The minimum atomic E-state index is -0.993. The molecule has 4 N–H and O–H groups in total. The van der Waals surface area contributed by atoms with E-state index in [0.29, 0.717) is 57.0 Å². The lowest BCUT2D eigenvalue weighted by Gasteiger charge is -2.24. The molecule has 0 saturated carbocycles. The number of nitrogens with zero attached hydrogens (tertiary/aromatic N) is 3. The summed E-state index contributed by atoms with van der Waals surface area (Å²) in [6.45, 7) is 14.4. The van der Waals surface area contributed by atoms with Crippen LogP contribution in [-0.4, -0.2) is 62.7 Å². The topological polar surface area (TPSA) is 171 Å². The van der Waals surface area contributed by atoms with E-state index in [0.717, 1.165) is 46.2 Å². The first kappa shape index (κ1) is 55.9. The highest BCUT2D eigenvalue weighted by Gasteiger charge is 2.30. The first-order valence-corrected chi connectivity index (χ1v) is 28.2. The third kappa shape index (κ3) is 13.5. The molecular formula is C66H62N6O6S2. The number of thiazole rings is 2. The van der Waals surface area contributed by atoms with Gasteiger partial charge in [-0.1, -0.05) is 181 Å². The number of carbonyl (C=O) groups excluding carboxylic acids is 4. The van der Waals surface area contributed by atoms with Crippen LogP contribution in [0, 0.1) is 0 Å². The predicted molar refractivity (Wildman–Crippen MR) is 322 cm³/mol. The number of benzene rings is 7. The lowest BCUT2D eigenvalue weighted by atomic mass is 9.86. The van der Waals surface area contributed by atoms with Crippen LogP contribution >= 0.6 is 22.7 Å². The van der Waals surface area contributed by atoms with Gasteiger partial charge in [0, 0.05) is 51.7 Å². The molecular weight excluding hydrogens is 1040 g/mol. The molecule has 0 unspecified atom stereocenters. The van der Waals surface area contributed by atoms with Crippen molar-refractivity contribution in [2.45, 2.75) is 71.3 Å². The van der Waals surface area contributed by atoms with Crippen molar-refractivity contribution >= 4 is 62.5 Å². The van der Waals surface area contributed by atoms with Gasteiger partial charge in [0.25, 0.3) is 17.7 Å². The number of aromatic carboxylic acids is 1.